The maximum Gasteiger partial charge on any atom is 0.255 e. The summed E-state index contributed by atoms with van der Waals surface area (Å²) in [5.41, 5.74) is 7.27. The summed E-state index contributed by atoms with van der Waals surface area (Å²) in [6.45, 7) is 5.00. The van der Waals surface area contributed by atoms with E-state index in [4.69, 9.17) is 24.7 Å². The van der Waals surface area contributed by atoms with Gasteiger partial charge in [-0.25, -0.2) is 0 Å². The highest BCUT2D eigenvalue weighted by molar-refractivity contribution is 6.06. The predicted molar refractivity (Wildman–Crippen MR) is 103 cm³/mol. The van der Waals surface area contributed by atoms with Crippen LogP contribution in [0.1, 0.15) is 30.6 Å². The first-order valence-corrected chi connectivity index (χ1v) is 8.79. The molecule has 0 spiro atoms. The van der Waals surface area contributed by atoms with Crippen LogP contribution in [0.5, 0.6) is 23.0 Å². The van der Waals surface area contributed by atoms with Crippen LogP contribution in [-0.2, 0) is 0 Å². The summed E-state index contributed by atoms with van der Waals surface area (Å²) in [5, 5.41) is 2.79. The summed E-state index contributed by atoms with van der Waals surface area (Å²) >= 11 is 0. The van der Waals surface area contributed by atoms with Gasteiger partial charge in [0.15, 0.2) is 23.0 Å². The van der Waals surface area contributed by atoms with E-state index >= 15 is 0 Å². The van der Waals surface area contributed by atoms with Crippen molar-refractivity contribution < 1.29 is 23.7 Å². The van der Waals surface area contributed by atoms with Crippen LogP contribution in [0, 0.1) is 5.92 Å². The molecule has 0 bridgehead atoms. The number of rotatable bonds is 7. The third kappa shape index (κ3) is 4.36. The molecule has 0 aromatic heterocycles. The molecule has 0 unspecified atom stereocenters. The smallest absolute Gasteiger partial charge is 0.255 e. The number of fused-ring (bicyclic) bond motifs is 1. The number of anilines is 2. The second kappa shape index (κ2) is 8.07. The Bertz CT molecular complexity index is 835. The number of nitrogens with one attached hydrogen (secondary N) is 1. The summed E-state index contributed by atoms with van der Waals surface area (Å²) in [6, 6.07) is 8.34. The number of carbonyl (C=O) groups excluding carboxylic acids is 1. The number of benzene rings is 2. The van der Waals surface area contributed by atoms with Crippen molar-refractivity contribution in [3.63, 3.8) is 0 Å². The van der Waals surface area contributed by atoms with Crippen molar-refractivity contribution in [2.24, 2.45) is 5.92 Å². The first kappa shape index (κ1) is 18.7. The normalized spacial score (nSPS) is 12.1. The second-order valence-electron chi connectivity index (χ2n) is 6.64. The number of nitrogens with two attached hydrogens (primary N) is 1. The Hall–Kier alpha value is -3.09. The Labute approximate surface area is 158 Å². The van der Waals surface area contributed by atoms with E-state index in [1.165, 1.54) is 0 Å². The van der Waals surface area contributed by atoms with Crippen LogP contribution in [0.25, 0.3) is 0 Å². The Kier molecular flexibility index (Phi) is 5.59. The molecule has 2 aromatic rings. The molecule has 1 amide bonds. The molecular formula is C20H24N2O5. The van der Waals surface area contributed by atoms with Crippen LogP contribution in [0.2, 0.25) is 0 Å². The Morgan fingerprint density at radius 1 is 1.19 bits per heavy atom. The quantitative estimate of drug-likeness (QED) is 0.720. The van der Waals surface area contributed by atoms with E-state index in [0.29, 0.717) is 52.5 Å². The first-order valence-electron chi connectivity index (χ1n) is 8.79. The Morgan fingerprint density at radius 3 is 2.63 bits per heavy atom. The summed E-state index contributed by atoms with van der Waals surface area (Å²) in [5.74, 6) is 2.46. The standard InChI is InChI=1S/C20H24N2O5/c1-12(2)6-7-25-16-5-4-13(8-17(16)24-3)20(23)22-15-10-19-18(9-14(15)21)26-11-27-19/h4-5,8-10,12H,6-7,11,21H2,1-3H3,(H,22,23). The zero-order valence-corrected chi connectivity index (χ0v) is 15.7. The van der Waals surface area contributed by atoms with Crippen molar-refractivity contribution in [1.29, 1.82) is 0 Å². The van der Waals surface area contributed by atoms with E-state index in [2.05, 4.69) is 19.2 Å². The van der Waals surface area contributed by atoms with E-state index in [-0.39, 0.29) is 12.7 Å². The van der Waals surface area contributed by atoms with Gasteiger partial charge in [0.2, 0.25) is 6.79 Å². The molecule has 1 heterocycles. The van der Waals surface area contributed by atoms with E-state index in [0.717, 1.165) is 6.42 Å². The number of hydrogen-bond donors (Lipinski definition) is 2. The second-order valence-corrected chi connectivity index (χ2v) is 6.64. The molecule has 144 valence electrons. The molecule has 0 atom stereocenters. The van der Waals surface area contributed by atoms with Gasteiger partial charge >= 0.3 is 0 Å². The maximum atomic E-state index is 12.6. The molecule has 0 radical (unpaired) electrons. The molecule has 7 nitrogen and oxygen atoms in total. The largest absolute Gasteiger partial charge is 0.493 e. The van der Waals surface area contributed by atoms with Gasteiger partial charge < -0.3 is 30.0 Å². The minimum absolute atomic E-state index is 0.141. The van der Waals surface area contributed by atoms with Gasteiger partial charge in [-0.15, -0.1) is 0 Å². The van der Waals surface area contributed by atoms with Gasteiger partial charge in [-0.3, -0.25) is 4.79 Å². The molecule has 27 heavy (non-hydrogen) atoms. The van der Waals surface area contributed by atoms with Crippen molar-refractivity contribution in [2.75, 3.05) is 31.6 Å². The zero-order valence-electron chi connectivity index (χ0n) is 15.7. The number of nitrogen functional groups attached to an aromatic ring is 1. The van der Waals surface area contributed by atoms with Crippen LogP contribution in [0.4, 0.5) is 11.4 Å². The molecule has 0 saturated heterocycles. The lowest BCUT2D eigenvalue weighted by Crippen LogP contribution is -2.13. The van der Waals surface area contributed by atoms with E-state index in [9.17, 15) is 4.79 Å². The molecule has 3 rings (SSSR count). The minimum atomic E-state index is -0.312. The van der Waals surface area contributed by atoms with Gasteiger partial charge in [0.1, 0.15) is 0 Å². The number of ether oxygens (including phenoxy) is 4. The van der Waals surface area contributed by atoms with Gasteiger partial charge in [0.05, 0.1) is 25.1 Å². The van der Waals surface area contributed by atoms with Crippen LogP contribution in [-0.4, -0.2) is 26.4 Å². The molecule has 2 aromatic carbocycles. The summed E-state index contributed by atoms with van der Waals surface area (Å²) < 4.78 is 21.7. The van der Waals surface area contributed by atoms with Gasteiger partial charge in [0.25, 0.3) is 5.91 Å². The van der Waals surface area contributed by atoms with Crippen molar-refractivity contribution in [3.8, 4) is 23.0 Å². The fraction of sp³-hybridized carbons (Fsp3) is 0.350. The van der Waals surface area contributed by atoms with Gasteiger partial charge in [-0.2, -0.15) is 0 Å². The number of amides is 1. The number of methoxy groups -OCH3 is 1. The summed E-state index contributed by atoms with van der Waals surface area (Å²) in [7, 11) is 1.54. The van der Waals surface area contributed by atoms with Crippen molar-refractivity contribution >= 4 is 17.3 Å². The molecule has 1 aliphatic rings. The maximum absolute atomic E-state index is 12.6. The third-order valence-corrected chi connectivity index (χ3v) is 4.17. The Balaban J connectivity index is 1.73. The van der Waals surface area contributed by atoms with Gasteiger partial charge in [-0.05, 0) is 30.5 Å². The van der Waals surface area contributed by atoms with Gasteiger partial charge in [0, 0.05) is 17.7 Å². The fourth-order valence-corrected chi connectivity index (χ4v) is 2.59. The summed E-state index contributed by atoms with van der Waals surface area (Å²) in [4.78, 5) is 12.6. The molecule has 0 aliphatic carbocycles. The van der Waals surface area contributed by atoms with Crippen molar-refractivity contribution in [2.45, 2.75) is 20.3 Å². The van der Waals surface area contributed by atoms with Crippen LogP contribution in [0.3, 0.4) is 0 Å². The lowest BCUT2D eigenvalue weighted by atomic mass is 10.1. The van der Waals surface area contributed by atoms with E-state index in [1.807, 2.05) is 0 Å². The number of hydrogen-bond acceptors (Lipinski definition) is 6. The topological polar surface area (TPSA) is 92.0 Å². The average molecular weight is 372 g/mol. The van der Waals surface area contributed by atoms with Crippen molar-refractivity contribution in [3.05, 3.63) is 35.9 Å². The average Bonchev–Trinajstić information content (AvgIpc) is 3.08. The lowest BCUT2D eigenvalue weighted by Gasteiger charge is -2.14. The Morgan fingerprint density at radius 2 is 1.93 bits per heavy atom. The van der Waals surface area contributed by atoms with Crippen LogP contribution < -0.4 is 30.0 Å². The van der Waals surface area contributed by atoms with Crippen LogP contribution >= 0.6 is 0 Å². The minimum Gasteiger partial charge on any atom is -0.493 e. The van der Waals surface area contributed by atoms with Gasteiger partial charge in [-0.1, -0.05) is 13.8 Å². The first-order chi connectivity index (χ1) is 13.0. The monoisotopic (exact) mass is 372 g/mol. The summed E-state index contributed by atoms with van der Waals surface area (Å²) in [6.07, 6.45) is 0.939. The lowest BCUT2D eigenvalue weighted by molar-refractivity contribution is 0.102. The molecule has 0 saturated carbocycles. The molecule has 1 aliphatic heterocycles. The third-order valence-electron chi connectivity index (χ3n) is 4.17. The zero-order chi connectivity index (χ0) is 19.4. The molecule has 3 N–H and O–H groups in total. The van der Waals surface area contributed by atoms with E-state index in [1.54, 1.807) is 37.4 Å². The highest BCUT2D eigenvalue weighted by Crippen LogP contribution is 2.38. The predicted octanol–water partition coefficient (Wildman–Crippen LogP) is 3.68. The molecule has 7 heteroatoms. The highest BCUT2D eigenvalue weighted by atomic mass is 16.7. The van der Waals surface area contributed by atoms with Crippen LogP contribution in [0.15, 0.2) is 30.3 Å². The highest BCUT2D eigenvalue weighted by Gasteiger charge is 2.18. The fourth-order valence-electron chi connectivity index (χ4n) is 2.59. The van der Waals surface area contributed by atoms with Crippen molar-refractivity contribution in [1.82, 2.24) is 0 Å². The molecule has 0 fully saturated rings. The molecular weight excluding hydrogens is 348 g/mol. The SMILES string of the molecule is COc1cc(C(=O)Nc2cc3c(cc2N)OCO3)ccc1OCCC(C)C. The number of carbonyl (C=O) groups is 1. The van der Waals surface area contributed by atoms with E-state index < -0.39 is 0 Å².